The van der Waals surface area contributed by atoms with Crippen molar-refractivity contribution in [3.05, 3.63) is 40.8 Å². The number of benzene rings is 1. The molecule has 2 amide bonds. The van der Waals surface area contributed by atoms with E-state index in [0.29, 0.717) is 10.6 Å². The normalized spacial score (nSPS) is 28.3. The molecular weight excluding hydrogens is 340 g/mol. The molecule has 132 valence electrons. The highest BCUT2D eigenvalue weighted by atomic mass is 32.2. The first-order valence-corrected chi connectivity index (χ1v) is 8.95. The van der Waals surface area contributed by atoms with E-state index < -0.39 is 5.97 Å². The van der Waals surface area contributed by atoms with E-state index in [1.165, 1.54) is 7.05 Å². The van der Waals surface area contributed by atoms with Gasteiger partial charge < -0.3 is 10.0 Å². The van der Waals surface area contributed by atoms with Gasteiger partial charge >= 0.3 is 5.97 Å². The summed E-state index contributed by atoms with van der Waals surface area (Å²) in [7, 11) is 1.48. The fourth-order valence-corrected chi connectivity index (χ4v) is 4.49. The highest BCUT2D eigenvalue weighted by Crippen LogP contribution is 2.39. The zero-order valence-electron chi connectivity index (χ0n) is 14.3. The summed E-state index contributed by atoms with van der Waals surface area (Å²) in [5.41, 5.74) is 0.963. The maximum atomic E-state index is 12.1. The number of hydrogen-bond donors (Lipinski definition) is 1. The molecular formula is C18H20N2O4S. The summed E-state index contributed by atoms with van der Waals surface area (Å²) in [6, 6.07) is 7.13. The zero-order chi connectivity index (χ0) is 18.3. The fourth-order valence-electron chi connectivity index (χ4n) is 3.61. The third kappa shape index (κ3) is 3.04. The van der Waals surface area contributed by atoms with E-state index in [1.807, 2.05) is 25.1 Å². The summed E-state index contributed by atoms with van der Waals surface area (Å²) < 4.78 is 0. The van der Waals surface area contributed by atoms with E-state index in [9.17, 15) is 19.5 Å². The Kier molecular flexibility index (Phi) is 4.60. The van der Waals surface area contributed by atoms with Gasteiger partial charge in [-0.25, -0.2) is 4.79 Å². The summed E-state index contributed by atoms with van der Waals surface area (Å²) in [6.07, 6.45) is 2.67. The highest BCUT2D eigenvalue weighted by molar-refractivity contribution is 8.18. The molecule has 1 aromatic carbocycles. The van der Waals surface area contributed by atoms with Crippen LogP contribution in [0.2, 0.25) is 0 Å². The van der Waals surface area contributed by atoms with E-state index in [1.54, 1.807) is 12.1 Å². The number of para-hydroxylation sites is 1. The number of anilines is 1. The van der Waals surface area contributed by atoms with E-state index >= 15 is 0 Å². The van der Waals surface area contributed by atoms with Crippen LogP contribution in [0.15, 0.2) is 35.2 Å². The molecule has 2 aliphatic rings. The number of likely N-dealkylation sites (N-methyl/N-ethyl adjacent to an activating group) is 1. The van der Waals surface area contributed by atoms with Crippen LogP contribution in [0.3, 0.4) is 0 Å². The van der Waals surface area contributed by atoms with E-state index in [2.05, 4.69) is 11.8 Å². The Bertz CT molecular complexity index is 776. The average molecular weight is 360 g/mol. The van der Waals surface area contributed by atoms with Crippen molar-refractivity contribution in [2.75, 3.05) is 11.9 Å². The minimum atomic E-state index is -0.953. The number of rotatable bonds is 3. The van der Waals surface area contributed by atoms with Gasteiger partial charge in [-0.15, -0.1) is 0 Å². The van der Waals surface area contributed by atoms with Gasteiger partial charge in [0.25, 0.3) is 11.1 Å². The quantitative estimate of drug-likeness (QED) is 0.834. The lowest BCUT2D eigenvalue weighted by molar-refractivity contribution is -0.121. The van der Waals surface area contributed by atoms with Crippen LogP contribution in [0.5, 0.6) is 0 Å². The molecule has 2 aliphatic heterocycles. The lowest BCUT2D eigenvalue weighted by Gasteiger charge is -2.30. The largest absolute Gasteiger partial charge is 0.478 e. The van der Waals surface area contributed by atoms with Gasteiger partial charge in [-0.3, -0.25) is 14.5 Å². The molecule has 7 heteroatoms. The molecule has 0 radical (unpaired) electrons. The molecule has 3 atom stereocenters. The molecule has 6 nitrogen and oxygen atoms in total. The maximum Gasteiger partial charge on any atom is 0.337 e. The number of aromatic carboxylic acids is 1. The van der Waals surface area contributed by atoms with Crippen LogP contribution >= 0.6 is 11.8 Å². The van der Waals surface area contributed by atoms with Crippen LogP contribution in [-0.2, 0) is 4.79 Å². The number of carboxylic acid groups (broad SMARTS) is 1. The molecule has 0 spiro atoms. The summed E-state index contributed by atoms with van der Waals surface area (Å²) in [5.74, 6) is -1.15. The van der Waals surface area contributed by atoms with Crippen LogP contribution in [0.1, 0.15) is 30.6 Å². The van der Waals surface area contributed by atoms with Crippen molar-refractivity contribution in [1.29, 1.82) is 0 Å². The highest BCUT2D eigenvalue weighted by Gasteiger charge is 2.39. The van der Waals surface area contributed by atoms with Crippen molar-refractivity contribution in [3.63, 3.8) is 0 Å². The number of imide groups is 1. The topological polar surface area (TPSA) is 77.9 Å². The first-order chi connectivity index (χ1) is 11.8. The predicted molar refractivity (Wildman–Crippen MR) is 96.8 cm³/mol. The molecule has 1 N–H and O–H groups in total. The van der Waals surface area contributed by atoms with Crippen molar-refractivity contribution in [2.24, 2.45) is 5.92 Å². The van der Waals surface area contributed by atoms with Gasteiger partial charge in [-0.05, 0) is 44.2 Å². The molecule has 3 unspecified atom stereocenters. The summed E-state index contributed by atoms with van der Waals surface area (Å²) in [6.45, 7) is 4.08. The Balaban J connectivity index is 1.90. The minimum Gasteiger partial charge on any atom is -0.478 e. The van der Waals surface area contributed by atoms with Crippen molar-refractivity contribution in [2.45, 2.75) is 32.4 Å². The summed E-state index contributed by atoms with van der Waals surface area (Å²) >= 11 is 0.963. The SMILES string of the molecule is CC1CC(/C=C2\SC(=O)N(C)C2=O)C(C)N1c1ccccc1C(=O)O. The maximum absolute atomic E-state index is 12.1. The van der Waals surface area contributed by atoms with Gasteiger partial charge in [-0.1, -0.05) is 18.2 Å². The molecule has 1 aromatic rings. The number of thioether (sulfide) groups is 1. The molecule has 2 saturated heterocycles. The van der Waals surface area contributed by atoms with Crippen molar-refractivity contribution < 1.29 is 19.5 Å². The third-order valence-corrected chi connectivity index (χ3v) is 5.89. The van der Waals surface area contributed by atoms with Crippen molar-refractivity contribution >= 4 is 34.6 Å². The summed E-state index contributed by atoms with van der Waals surface area (Å²) in [4.78, 5) is 39.0. The molecule has 25 heavy (non-hydrogen) atoms. The van der Waals surface area contributed by atoms with Crippen LogP contribution < -0.4 is 4.90 Å². The molecule has 0 bridgehead atoms. The Morgan fingerprint density at radius 2 is 1.96 bits per heavy atom. The van der Waals surface area contributed by atoms with Gasteiger partial charge in [-0.2, -0.15) is 0 Å². The molecule has 0 aliphatic carbocycles. The second-order valence-electron chi connectivity index (χ2n) is 6.48. The molecule has 2 heterocycles. The van der Waals surface area contributed by atoms with Gasteiger partial charge in [0, 0.05) is 25.0 Å². The number of hydrogen-bond acceptors (Lipinski definition) is 5. The van der Waals surface area contributed by atoms with Gasteiger partial charge in [0.1, 0.15) is 0 Å². The van der Waals surface area contributed by atoms with E-state index in [-0.39, 0.29) is 34.7 Å². The monoisotopic (exact) mass is 360 g/mol. The fraction of sp³-hybridized carbons (Fsp3) is 0.389. The Morgan fingerprint density at radius 3 is 2.56 bits per heavy atom. The Morgan fingerprint density at radius 1 is 1.28 bits per heavy atom. The predicted octanol–water partition coefficient (Wildman–Crippen LogP) is 3.20. The number of carbonyl (C=O) groups is 3. The lowest BCUT2D eigenvalue weighted by Crippen LogP contribution is -2.35. The first-order valence-electron chi connectivity index (χ1n) is 8.13. The van der Waals surface area contributed by atoms with E-state index in [0.717, 1.165) is 23.1 Å². The van der Waals surface area contributed by atoms with Crippen LogP contribution in [0.4, 0.5) is 10.5 Å². The average Bonchev–Trinajstić information content (AvgIpc) is 2.98. The Hall–Kier alpha value is -2.28. The number of amides is 2. The standard InChI is InChI=1S/C18H20N2O4S/c1-10-8-12(9-15-16(21)19(3)18(24)25-15)11(2)20(10)14-7-5-4-6-13(14)17(22)23/h4-7,9-12H,8H2,1-3H3,(H,22,23)/b15-9-. The smallest absolute Gasteiger partial charge is 0.337 e. The van der Waals surface area contributed by atoms with E-state index in [4.69, 9.17) is 0 Å². The van der Waals surface area contributed by atoms with Crippen LogP contribution in [0.25, 0.3) is 0 Å². The van der Waals surface area contributed by atoms with Crippen molar-refractivity contribution in [3.8, 4) is 0 Å². The third-order valence-electron chi connectivity index (χ3n) is 4.91. The van der Waals surface area contributed by atoms with Gasteiger partial charge in [0.15, 0.2) is 0 Å². The van der Waals surface area contributed by atoms with Crippen LogP contribution in [0, 0.1) is 5.92 Å². The number of nitrogens with zero attached hydrogens (tertiary/aromatic N) is 2. The minimum absolute atomic E-state index is 0.0254. The Labute approximate surface area is 150 Å². The zero-order valence-corrected chi connectivity index (χ0v) is 15.1. The molecule has 3 rings (SSSR count). The van der Waals surface area contributed by atoms with Crippen molar-refractivity contribution in [1.82, 2.24) is 4.90 Å². The second-order valence-corrected chi connectivity index (χ2v) is 7.48. The second kappa shape index (κ2) is 6.55. The molecule has 0 aromatic heterocycles. The number of carbonyl (C=O) groups excluding carboxylic acids is 2. The first kappa shape index (κ1) is 17.5. The molecule has 2 fully saturated rings. The van der Waals surface area contributed by atoms with Crippen LogP contribution in [-0.4, -0.2) is 46.3 Å². The number of carboxylic acids is 1. The van der Waals surface area contributed by atoms with Gasteiger partial charge in [0.05, 0.1) is 16.2 Å². The lowest BCUT2D eigenvalue weighted by atomic mass is 9.99. The summed E-state index contributed by atoms with van der Waals surface area (Å²) in [5, 5.41) is 9.20. The van der Waals surface area contributed by atoms with Gasteiger partial charge in [0.2, 0.25) is 0 Å². The molecule has 0 saturated carbocycles.